The van der Waals surface area contributed by atoms with Crippen LogP contribution in [0.5, 0.6) is 5.75 Å². The normalized spacial score (nSPS) is 17.2. The van der Waals surface area contributed by atoms with Crippen molar-refractivity contribution >= 4 is 5.78 Å². The smallest absolute Gasteiger partial charge is 0.167 e. The van der Waals surface area contributed by atoms with Gasteiger partial charge in [-0.1, -0.05) is 30.3 Å². The molecule has 2 aromatic carbocycles. The quantitative estimate of drug-likeness (QED) is 0.863. The standard InChI is InChI=1S/C20H23NO2/c1-21(2)13-17-5-4-16-12-15(8-11-19(16)20(17)22)14-6-9-18(23-3)10-7-14/h6-12,17H,4-5,13H2,1-3H3. The number of fused-ring (bicyclic) bond motifs is 1. The van der Waals surface area contributed by atoms with Gasteiger partial charge >= 0.3 is 0 Å². The summed E-state index contributed by atoms with van der Waals surface area (Å²) in [5.74, 6) is 1.28. The molecule has 0 saturated carbocycles. The molecule has 23 heavy (non-hydrogen) atoms. The number of Topliss-reactive ketones (excluding diaryl/α,β-unsaturated/α-hetero) is 1. The minimum absolute atomic E-state index is 0.129. The van der Waals surface area contributed by atoms with Crippen molar-refractivity contribution in [3.8, 4) is 16.9 Å². The predicted octanol–water partition coefficient (Wildman–Crippen LogP) is 3.67. The fraction of sp³-hybridized carbons (Fsp3) is 0.350. The van der Waals surface area contributed by atoms with Gasteiger partial charge < -0.3 is 9.64 Å². The number of carbonyl (C=O) groups is 1. The Morgan fingerprint density at radius 3 is 2.43 bits per heavy atom. The molecule has 1 aliphatic carbocycles. The Bertz CT molecular complexity index is 704. The maximum absolute atomic E-state index is 12.6. The van der Waals surface area contributed by atoms with Gasteiger partial charge in [0.25, 0.3) is 0 Å². The van der Waals surface area contributed by atoms with Crippen LogP contribution in [0.3, 0.4) is 0 Å². The van der Waals surface area contributed by atoms with Crippen LogP contribution in [0.2, 0.25) is 0 Å². The maximum atomic E-state index is 12.6. The summed E-state index contributed by atoms with van der Waals surface area (Å²) in [4.78, 5) is 14.7. The van der Waals surface area contributed by atoms with Crippen molar-refractivity contribution in [2.75, 3.05) is 27.7 Å². The highest BCUT2D eigenvalue weighted by atomic mass is 16.5. The third-order valence-electron chi connectivity index (χ3n) is 4.51. The van der Waals surface area contributed by atoms with Crippen LogP contribution in [0.15, 0.2) is 42.5 Å². The lowest BCUT2D eigenvalue weighted by atomic mass is 9.81. The third kappa shape index (κ3) is 3.30. The second-order valence-corrected chi connectivity index (χ2v) is 6.46. The number of hydrogen-bond acceptors (Lipinski definition) is 3. The van der Waals surface area contributed by atoms with Gasteiger partial charge in [-0.25, -0.2) is 0 Å². The van der Waals surface area contributed by atoms with Crippen LogP contribution in [-0.2, 0) is 6.42 Å². The molecular weight excluding hydrogens is 286 g/mol. The monoisotopic (exact) mass is 309 g/mol. The number of methoxy groups -OCH3 is 1. The van der Waals surface area contributed by atoms with Crippen molar-refractivity contribution in [2.45, 2.75) is 12.8 Å². The number of ether oxygens (including phenoxy) is 1. The first-order valence-electron chi connectivity index (χ1n) is 8.05. The summed E-state index contributed by atoms with van der Waals surface area (Å²) >= 11 is 0. The Kier molecular flexibility index (Phi) is 4.49. The molecule has 0 fully saturated rings. The highest BCUT2D eigenvalue weighted by Crippen LogP contribution is 2.30. The molecule has 0 spiro atoms. The molecule has 3 nitrogen and oxygen atoms in total. The zero-order valence-corrected chi connectivity index (χ0v) is 14.0. The second kappa shape index (κ2) is 6.55. The molecule has 0 heterocycles. The van der Waals surface area contributed by atoms with Gasteiger partial charge in [0.15, 0.2) is 5.78 Å². The molecule has 0 aliphatic heterocycles. The Morgan fingerprint density at radius 2 is 1.78 bits per heavy atom. The van der Waals surface area contributed by atoms with Crippen molar-refractivity contribution in [2.24, 2.45) is 5.92 Å². The van der Waals surface area contributed by atoms with E-state index in [1.807, 2.05) is 32.3 Å². The van der Waals surface area contributed by atoms with Crippen LogP contribution in [0, 0.1) is 5.92 Å². The third-order valence-corrected chi connectivity index (χ3v) is 4.51. The molecular formula is C20H23NO2. The lowest BCUT2D eigenvalue weighted by molar-refractivity contribution is 0.0877. The minimum atomic E-state index is 0.129. The highest BCUT2D eigenvalue weighted by Gasteiger charge is 2.27. The van der Waals surface area contributed by atoms with Crippen molar-refractivity contribution in [3.63, 3.8) is 0 Å². The fourth-order valence-electron chi connectivity index (χ4n) is 3.30. The first kappa shape index (κ1) is 15.8. The second-order valence-electron chi connectivity index (χ2n) is 6.46. The van der Waals surface area contributed by atoms with Crippen molar-refractivity contribution in [1.82, 2.24) is 4.90 Å². The molecule has 3 heteroatoms. The van der Waals surface area contributed by atoms with E-state index in [0.717, 1.165) is 41.8 Å². The van der Waals surface area contributed by atoms with E-state index >= 15 is 0 Å². The number of carbonyl (C=O) groups excluding carboxylic acids is 1. The van der Waals surface area contributed by atoms with Crippen LogP contribution in [0.4, 0.5) is 0 Å². The van der Waals surface area contributed by atoms with E-state index in [1.54, 1.807) is 7.11 Å². The van der Waals surface area contributed by atoms with Gasteiger partial charge in [0.1, 0.15) is 5.75 Å². The van der Waals surface area contributed by atoms with Crippen molar-refractivity contribution in [3.05, 3.63) is 53.6 Å². The Labute approximate surface area is 137 Å². The van der Waals surface area contributed by atoms with E-state index in [4.69, 9.17) is 4.74 Å². The van der Waals surface area contributed by atoms with Gasteiger partial charge in [0.05, 0.1) is 7.11 Å². The first-order chi connectivity index (χ1) is 11.1. The topological polar surface area (TPSA) is 29.5 Å². The van der Waals surface area contributed by atoms with Gasteiger partial charge in [0.2, 0.25) is 0 Å². The SMILES string of the molecule is COc1ccc(-c2ccc3c(c2)CCC(CN(C)C)C3=O)cc1. The predicted molar refractivity (Wildman–Crippen MR) is 93.1 cm³/mol. The summed E-state index contributed by atoms with van der Waals surface area (Å²) in [5, 5.41) is 0. The van der Waals surface area contributed by atoms with Crippen molar-refractivity contribution in [1.29, 1.82) is 0 Å². The molecule has 3 rings (SSSR count). The molecule has 0 aromatic heterocycles. The van der Waals surface area contributed by atoms with E-state index in [1.165, 1.54) is 5.56 Å². The van der Waals surface area contributed by atoms with Crippen LogP contribution < -0.4 is 4.74 Å². The Morgan fingerprint density at radius 1 is 1.09 bits per heavy atom. The molecule has 1 aliphatic rings. The van der Waals surface area contributed by atoms with Gasteiger partial charge in [0, 0.05) is 18.0 Å². The number of aryl methyl sites for hydroxylation is 1. The summed E-state index contributed by atoms with van der Waals surface area (Å²) in [5.41, 5.74) is 4.39. The number of rotatable bonds is 4. The molecule has 120 valence electrons. The fourth-order valence-corrected chi connectivity index (χ4v) is 3.30. The Balaban J connectivity index is 1.87. The summed E-state index contributed by atoms with van der Waals surface area (Å²) in [6, 6.07) is 14.3. The van der Waals surface area contributed by atoms with Crippen LogP contribution in [0.25, 0.3) is 11.1 Å². The molecule has 0 amide bonds. The summed E-state index contributed by atoms with van der Waals surface area (Å²) in [6.07, 6.45) is 1.92. The highest BCUT2D eigenvalue weighted by molar-refractivity contribution is 6.00. The summed E-state index contributed by atoms with van der Waals surface area (Å²) in [6.45, 7) is 0.832. The maximum Gasteiger partial charge on any atom is 0.167 e. The van der Waals surface area contributed by atoms with Crippen molar-refractivity contribution < 1.29 is 9.53 Å². The van der Waals surface area contributed by atoms with Crippen LogP contribution >= 0.6 is 0 Å². The first-order valence-corrected chi connectivity index (χ1v) is 8.05. The van der Waals surface area contributed by atoms with Gasteiger partial charge in [-0.15, -0.1) is 0 Å². The number of nitrogens with zero attached hydrogens (tertiary/aromatic N) is 1. The molecule has 2 aromatic rings. The van der Waals surface area contributed by atoms with E-state index in [-0.39, 0.29) is 5.92 Å². The lowest BCUT2D eigenvalue weighted by Crippen LogP contribution is -2.31. The van der Waals surface area contributed by atoms with Gasteiger partial charge in [-0.05, 0) is 55.8 Å². The molecule has 1 unspecified atom stereocenters. The van der Waals surface area contributed by atoms with E-state index in [9.17, 15) is 4.79 Å². The zero-order valence-electron chi connectivity index (χ0n) is 14.0. The lowest BCUT2D eigenvalue weighted by Gasteiger charge is -2.26. The Hall–Kier alpha value is -2.13. The van der Waals surface area contributed by atoms with Gasteiger partial charge in [-0.2, -0.15) is 0 Å². The number of hydrogen-bond donors (Lipinski definition) is 0. The molecule has 0 N–H and O–H groups in total. The number of ketones is 1. The summed E-state index contributed by atoms with van der Waals surface area (Å²) in [7, 11) is 5.72. The molecule has 0 saturated heterocycles. The minimum Gasteiger partial charge on any atom is -0.497 e. The number of benzene rings is 2. The molecule has 1 atom stereocenters. The van der Waals surface area contributed by atoms with E-state index in [0.29, 0.717) is 5.78 Å². The largest absolute Gasteiger partial charge is 0.497 e. The zero-order chi connectivity index (χ0) is 16.4. The summed E-state index contributed by atoms with van der Waals surface area (Å²) < 4.78 is 5.20. The molecule has 0 radical (unpaired) electrons. The van der Waals surface area contributed by atoms with E-state index < -0.39 is 0 Å². The van der Waals surface area contributed by atoms with Crippen LogP contribution in [-0.4, -0.2) is 38.4 Å². The average molecular weight is 309 g/mol. The van der Waals surface area contributed by atoms with Gasteiger partial charge in [-0.3, -0.25) is 4.79 Å². The van der Waals surface area contributed by atoms with E-state index in [2.05, 4.69) is 29.2 Å². The molecule has 0 bridgehead atoms. The van der Waals surface area contributed by atoms with Crippen LogP contribution in [0.1, 0.15) is 22.3 Å². The average Bonchev–Trinajstić information content (AvgIpc) is 2.57.